The fourth-order valence-corrected chi connectivity index (χ4v) is 2.53. The summed E-state index contributed by atoms with van der Waals surface area (Å²) < 4.78 is 0. The van der Waals surface area contributed by atoms with E-state index in [1.54, 1.807) is 0 Å². The highest BCUT2D eigenvalue weighted by atomic mass is 16.2. The van der Waals surface area contributed by atoms with Crippen LogP contribution in [0.4, 0.5) is 0 Å². The van der Waals surface area contributed by atoms with Gasteiger partial charge >= 0.3 is 0 Å². The van der Waals surface area contributed by atoms with Gasteiger partial charge in [-0.1, -0.05) is 30.3 Å². The third kappa shape index (κ3) is 3.78. The molecule has 1 amide bonds. The number of nitrogens with one attached hydrogen (secondary N) is 1. The molecular weight excluding hydrogens is 238 g/mol. The molecule has 1 aliphatic heterocycles. The van der Waals surface area contributed by atoms with Crippen molar-refractivity contribution in [3.8, 4) is 0 Å². The predicted octanol–water partition coefficient (Wildman–Crippen LogP) is 0.939. The van der Waals surface area contributed by atoms with Gasteiger partial charge in [0.2, 0.25) is 5.91 Å². The molecule has 0 aliphatic carbocycles. The molecular formula is C15H23N3O. The van der Waals surface area contributed by atoms with E-state index in [0.717, 1.165) is 31.5 Å². The highest BCUT2D eigenvalue weighted by Crippen LogP contribution is 2.16. The van der Waals surface area contributed by atoms with Gasteiger partial charge in [0, 0.05) is 12.6 Å². The molecule has 1 unspecified atom stereocenters. The topological polar surface area (TPSA) is 58.4 Å². The minimum atomic E-state index is -0.235. The van der Waals surface area contributed by atoms with Crippen LogP contribution in [0.5, 0.6) is 0 Å². The van der Waals surface area contributed by atoms with E-state index in [4.69, 9.17) is 5.73 Å². The molecule has 4 nitrogen and oxygen atoms in total. The highest BCUT2D eigenvalue weighted by Gasteiger charge is 2.23. The SMILES string of the molecule is CN1CCC(NC(=O)C(CN)c2ccccc2)CC1. The number of carbonyl (C=O) groups is 1. The molecule has 0 spiro atoms. The largest absolute Gasteiger partial charge is 0.353 e. The Morgan fingerprint density at radius 2 is 2.00 bits per heavy atom. The van der Waals surface area contributed by atoms with Crippen molar-refractivity contribution >= 4 is 5.91 Å². The van der Waals surface area contributed by atoms with Gasteiger partial charge in [0.1, 0.15) is 0 Å². The standard InChI is InChI=1S/C15H23N3O/c1-18-9-7-13(8-10-18)17-15(19)14(11-16)12-5-3-2-4-6-12/h2-6,13-14H,7-11,16H2,1H3,(H,17,19). The highest BCUT2D eigenvalue weighted by molar-refractivity contribution is 5.84. The molecule has 1 atom stereocenters. The number of likely N-dealkylation sites (tertiary alicyclic amines) is 1. The summed E-state index contributed by atoms with van der Waals surface area (Å²) in [5.41, 5.74) is 6.76. The predicted molar refractivity (Wildman–Crippen MR) is 76.9 cm³/mol. The number of piperidine rings is 1. The van der Waals surface area contributed by atoms with E-state index in [2.05, 4.69) is 17.3 Å². The molecule has 1 aromatic carbocycles. The number of hydrogen-bond donors (Lipinski definition) is 2. The van der Waals surface area contributed by atoms with Crippen LogP contribution in [0, 0.1) is 0 Å². The van der Waals surface area contributed by atoms with Crippen LogP contribution in [0.1, 0.15) is 24.3 Å². The Labute approximate surface area is 115 Å². The van der Waals surface area contributed by atoms with Gasteiger partial charge in [0.15, 0.2) is 0 Å². The molecule has 0 aromatic heterocycles. The number of nitrogens with zero attached hydrogens (tertiary/aromatic N) is 1. The third-order valence-electron chi connectivity index (χ3n) is 3.82. The number of amides is 1. The zero-order valence-corrected chi connectivity index (χ0v) is 11.5. The molecule has 4 heteroatoms. The number of benzene rings is 1. The van der Waals surface area contributed by atoms with Crippen LogP contribution in [0.2, 0.25) is 0 Å². The summed E-state index contributed by atoms with van der Waals surface area (Å²) in [6.07, 6.45) is 2.04. The number of nitrogens with two attached hydrogens (primary N) is 1. The van der Waals surface area contributed by atoms with Crippen LogP contribution in [0.3, 0.4) is 0 Å². The third-order valence-corrected chi connectivity index (χ3v) is 3.82. The van der Waals surface area contributed by atoms with Crippen molar-refractivity contribution in [1.82, 2.24) is 10.2 Å². The Balaban J connectivity index is 1.94. The van der Waals surface area contributed by atoms with Gasteiger partial charge in [-0.15, -0.1) is 0 Å². The summed E-state index contributed by atoms with van der Waals surface area (Å²) in [6, 6.07) is 10.1. The minimum Gasteiger partial charge on any atom is -0.353 e. The Morgan fingerprint density at radius 3 is 2.58 bits per heavy atom. The summed E-state index contributed by atoms with van der Waals surface area (Å²) in [5, 5.41) is 3.14. The van der Waals surface area contributed by atoms with E-state index in [9.17, 15) is 4.79 Å². The Kier molecular flexibility index (Phi) is 4.93. The second-order valence-electron chi connectivity index (χ2n) is 5.29. The van der Waals surface area contributed by atoms with Crippen LogP contribution in [0.25, 0.3) is 0 Å². The van der Waals surface area contributed by atoms with Crippen LogP contribution in [0.15, 0.2) is 30.3 Å². The van der Waals surface area contributed by atoms with Gasteiger partial charge in [0.25, 0.3) is 0 Å². The first-order valence-electron chi connectivity index (χ1n) is 6.94. The molecule has 0 bridgehead atoms. The lowest BCUT2D eigenvalue weighted by atomic mass is 9.97. The van der Waals surface area contributed by atoms with Crippen LogP contribution >= 0.6 is 0 Å². The molecule has 0 radical (unpaired) electrons. The van der Waals surface area contributed by atoms with Crippen molar-refractivity contribution in [1.29, 1.82) is 0 Å². The molecule has 1 saturated heterocycles. The zero-order chi connectivity index (χ0) is 13.7. The summed E-state index contributed by atoms with van der Waals surface area (Å²) >= 11 is 0. The summed E-state index contributed by atoms with van der Waals surface area (Å²) in [6.45, 7) is 2.44. The summed E-state index contributed by atoms with van der Waals surface area (Å²) in [5.74, 6) is -0.177. The van der Waals surface area contributed by atoms with Crippen LogP contribution in [-0.4, -0.2) is 43.5 Å². The van der Waals surface area contributed by atoms with Crippen LogP contribution in [-0.2, 0) is 4.79 Å². The molecule has 104 valence electrons. The molecule has 1 fully saturated rings. The maximum Gasteiger partial charge on any atom is 0.229 e. The Hall–Kier alpha value is -1.39. The van der Waals surface area contributed by atoms with E-state index < -0.39 is 0 Å². The van der Waals surface area contributed by atoms with E-state index in [1.807, 2.05) is 30.3 Å². The van der Waals surface area contributed by atoms with Crippen molar-refractivity contribution in [3.05, 3.63) is 35.9 Å². The summed E-state index contributed by atoms with van der Waals surface area (Å²) in [4.78, 5) is 14.6. The maximum absolute atomic E-state index is 12.3. The lowest BCUT2D eigenvalue weighted by Crippen LogP contribution is -2.45. The van der Waals surface area contributed by atoms with Gasteiger partial charge in [-0.25, -0.2) is 0 Å². The molecule has 19 heavy (non-hydrogen) atoms. The van der Waals surface area contributed by atoms with Crippen molar-refractivity contribution in [2.24, 2.45) is 5.73 Å². The van der Waals surface area contributed by atoms with Gasteiger partial charge in [-0.05, 0) is 38.5 Å². The van der Waals surface area contributed by atoms with Gasteiger partial charge in [0.05, 0.1) is 5.92 Å². The second kappa shape index (κ2) is 6.68. The fourth-order valence-electron chi connectivity index (χ4n) is 2.53. The van der Waals surface area contributed by atoms with E-state index >= 15 is 0 Å². The zero-order valence-electron chi connectivity index (χ0n) is 11.5. The Morgan fingerprint density at radius 1 is 1.37 bits per heavy atom. The first-order valence-corrected chi connectivity index (χ1v) is 6.94. The molecule has 1 heterocycles. The molecule has 0 saturated carbocycles. The van der Waals surface area contributed by atoms with E-state index in [0.29, 0.717) is 12.6 Å². The number of carbonyl (C=O) groups excluding carboxylic acids is 1. The average molecular weight is 261 g/mol. The maximum atomic E-state index is 12.3. The second-order valence-corrected chi connectivity index (χ2v) is 5.29. The fraction of sp³-hybridized carbons (Fsp3) is 0.533. The van der Waals surface area contributed by atoms with Crippen molar-refractivity contribution < 1.29 is 4.79 Å². The normalized spacial score (nSPS) is 19.1. The lowest BCUT2D eigenvalue weighted by molar-refractivity contribution is -0.123. The molecule has 1 aliphatic rings. The van der Waals surface area contributed by atoms with E-state index in [-0.39, 0.29) is 11.8 Å². The number of hydrogen-bond acceptors (Lipinski definition) is 3. The monoisotopic (exact) mass is 261 g/mol. The first kappa shape index (κ1) is 14.0. The average Bonchev–Trinajstić information content (AvgIpc) is 2.43. The smallest absolute Gasteiger partial charge is 0.229 e. The van der Waals surface area contributed by atoms with Crippen molar-refractivity contribution in [2.75, 3.05) is 26.7 Å². The van der Waals surface area contributed by atoms with Gasteiger partial charge in [-0.2, -0.15) is 0 Å². The molecule has 2 rings (SSSR count). The van der Waals surface area contributed by atoms with Crippen molar-refractivity contribution in [3.63, 3.8) is 0 Å². The lowest BCUT2D eigenvalue weighted by Gasteiger charge is -2.30. The Bertz CT molecular complexity index is 399. The quantitative estimate of drug-likeness (QED) is 0.848. The molecule has 3 N–H and O–H groups in total. The van der Waals surface area contributed by atoms with E-state index in [1.165, 1.54) is 0 Å². The summed E-state index contributed by atoms with van der Waals surface area (Å²) in [7, 11) is 2.12. The number of rotatable bonds is 4. The molecule has 1 aromatic rings. The van der Waals surface area contributed by atoms with Crippen molar-refractivity contribution in [2.45, 2.75) is 24.8 Å². The van der Waals surface area contributed by atoms with Gasteiger partial charge in [-0.3, -0.25) is 4.79 Å². The van der Waals surface area contributed by atoms with Crippen LogP contribution < -0.4 is 11.1 Å². The first-order chi connectivity index (χ1) is 9.20. The minimum absolute atomic E-state index is 0.0586. The van der Waals surface area contributed by atoms with Gasteiger partial charge < -0.3 is 16.0 Å².